The normalized spacial score (nSPS) is 14.7. The van der Waals surface area contributed by atoms with Gasteiger partial charge in [0, 0.05) is 5.92 Å². The summed E-state index contributed by atoms with van der Waals surface area (Å²) in [5.41, 5.74) is 7.49. The molecule has 3 rings (SSSR count). The molecule has 1 aliphatic rings. The molecule has 1 fully saturated rings. The van der Waals surface area contributed by atoms with Crippen LogP contribution in [0, 0.1) is 0 Å². The summed E-state index contributed by atoms with van der Waals surface area (Å²) in [5.74, 6) is 0.102. The van der Waals surface area contributed by atoms with Gasteiger partial charge in [-0.2, -0.15) is 5.10 Å². The first kappa shape index (κ1) is 11.7. The first-order valence-electron chi connectivity index (χ1n) is 5.41. The molecule has 0 aliphatic heterocycles. The molecule has 1 amide bonds. The lowest BCUT2D eigenvalue weighted by atomic mass is 10.2. The van der Waals surface area contributed by atoms with Crippen LogP contribution in [0.1, 0.15) is 34.9 Å². The molecule has 94 valence electrons. The summed E-state index contributed by atoms with van der Waals surface area (Å²) in [5, 5.41) is 10.0. The largest absolute Gasteiger partial charge is 0.395 e. The van der Waals surface area contributed by atoms with E-state index >= 15 is 0 Å². The molecular formula is C10H10BrN5OS. The summed E-state index contributed by atoms with van der Waals surface area (Å²) in [4.78, 5) is 16.0. The fourth-order valence-corrected chi connectivity index (χ4v) is 2.79. The number of carbonyl (C=O) groups is 1. The molecular weight excluding hydrogens is 318 g/mol. The summed E-state index contributed by atoms with van der Waals surface area (Å²) < 4.78 is 0.853. The summed E-state index contributed by atoms with van der Waals surface area (Å²) in [6.07, 6.45) is 3.84. The molecule has 1 aliphatic carbocycles. The predicted octanol–water partition coefficient (Wildman–Crippen LogP) is 2.34. The smallest absolute Gasteiger partial charge is 0.280 e. The van der Waals surface area contributed by atoms with Crippen molar-refractivity contribution in [3.05, 3.63) is 21.4 Å². The van der Waals surface area contributed by atoms with Gasteiger partial charge in [0.25, 0.3) is 5.91 Å². The standard InChI is InChI=1S/C10H10BrN5OS/c11-5-3-13-10(18-5)14-9(17)8-6(12)7(15-16-8)4-1-2-4/h3-4H,1-2,12H2,(H,15,16)(H,13,14,17). The Morgan fingerprint density at radius 2 is 2.39 bits per heavy atom. The van der Waals surface area contributed by atoms with E-state index in [2.05, 4.69) is 36.4 Å². The highest BCUT2D eigenvalue weighted by molar-refractivity contribution is 9.11. The minimum absolute atomic E-state index is 0.239. The third kappa shape index (κ3) is 2.13. The second kappa shape index (κ2) is 4.36. The van der Waals surface area contributed by atoms with Crippen LogP contribution in [-0.2, 0) is 0 Å². The van der Waals surface area contributed by atoms with Crippen molar-refractivity contribution in [1.82, 2.24) is 15.2 Å². The van der Waals surface area contributed by atoms with Crippen molar-refractivity contribution in [2.45, 2.75) is 18.8 Å². The SMILES string of the molecule is Nc1c(C(=O)Nc2ncc(Br)s2)n[nH]c1C1CC1. The number of hydrogen-bond acceptors (Lipinski definition) is 5. The fourth-order valence-electron chi connectivity index (χ4n) is 1.69. The number of H-pyrrole nitrogens is 1. The van der Waals surface area contributed by atoms with Crippen molar-refractivity contribution in [2.24, 2.45) is 0 Å². The molecule has 2 heterocycles. The minimum Gasteiger partial charge on any atom is -0.395 e. The van der Waals surface area contributed by atoms with Gasteiger partial charge in [-0.25, -0.2) is 4.98 Å². The number of hydrogen-bond donors (Lipinski definition) is 3. The second-order valence-corrected chi connectivity index (χ2v) is 6.51. The Bertz CT molecular complexity index is 603. The molecule has 4 N–H and O–H groups in total. The van der Waals surface area contributed by atoms with E-state index in [-0.39, 0.29) is 11.6 Å². The lowest BCUT2D eigenvalue weighted by Gasteiger charge is -1.99. The molecule has 0 spiro atoms. The van der Waals surface area contributed by atoms with Crippen molar-refractivity contribution in [1.29, 1.82) is 0 Å². The van der Waals surface area contributed by atoms with Gasteiger partial charge in [0.15, 0.2) is 10.8 Å². The second-order valence-electron chi connectivity index (χ2n) is 4.10. The number of nitrogens with two attached hydrogens (primary N) is 1. The van der Waals surface area contributed by atoms with Crippen LogP contribution in [0.2, 0.25) is 0 Å². The molecule has 0 atom stereocenters. The van der Waals surface area contributed by atoms with Crippen molar-refractivity contribution < 1.29 is 4.79 Å². The third-order valence-corrected chi connectivity index (χ3v) is 4.12. The van der Waals surface area contributed by atoms with Crippen LogP contribution in [0.4, 0.5) is 10.8 Å². The number of nitrogens with zero attached hydrogens (tertiary/aromatic N) is 2. The number of anilines is 2. The molecule has 0 aromatic carbocycles. The third-order valence-electron chi connectivity index (χ3n) is 2.73. The molecule has 0 bridgehead atoms. The molecule has 1 saturated carbocycles. The van der Waals surface area contributed by atoms with Gasteiger partial charge in [-0.05, 0) is 28.8 Å². The Kier molecular flexibility index (Phi) is 2.83. The van der Waals surface area contributed by atoms with E-state index < -0.39 is 0 Å². The number of nitrogen functional groups attached to an aromatic ring is 1. The van der Waals surface area contributed by atoms with E-state index in [0.717, 1.165) is 22.3 Å². The fraction of sp³-hybridized carbons (Fsp3) is 0.300. The molecule has 2 aromatic heterocycles. The highest BCUT2D eigenvalue weighted by Gasteiger charge is 2.30. The van der Waals surface area contributed by atoms with Gasteiger partial charge < -0.3 is 5.73 Å². The Morgan fingerprint density at radius 1 is 1.61 bits per heavy atom. The Balaban J connectivity index is 1.79. The molecule has 6 nitrogen and oxygen atoms in total. The van der Waals surface area contributed by atoms with Gasteiger partial charge in [-0.1, -0.05) is 11.3 Å². The van der Waals surface area contributed by atoms with Crippen LogP contribution in [-0.4, -0.2) is 21.1 Å². The molecule has 0 radical (unpaired) electrons. The molecule has 0 unspecified atom stereocenters. The first-order valence-corrected chi connectivity index (χ1v) is 7.02. The monoisotopic (exact) mass is 327 g/mol. The van der Waals surface area contributed by atoms with Crippen LogP contribution in [0.25, 0.3) is 0 Å². The van der Waals surface area contributed by atoms with Gasteiger partial charge >= 0.3 is 0 Å². The zero-order valence-corrected chi connectivity index (χ0v) is 11.6. The van der Waals surface area contributed by atoms with E-state index in [4.69, 9.17) is 5.73 Å². The minimum atomic E-state index is -0.336. The maximum Gasteiger partial charge on any atom is 0.280 e. The maximum atomic E-state index is 12.0. The van der Waals surface area contributed by atoms with E-state index in [1.54, 1.807) is 6.20 Å². The molecule has 2 aromatic rings. The molecule has 0 saturated heterocycles. The lowest BCUT2D eigenvalue weighted by Crippen LogP contribution is -2.14. The van der Waals surface area contributed by atoms with E-state index in [1.165, 1.54) is 11.3 Å². The molecule has 18 heavy (non-hydrogen) atoms. The predicted molar refractivity (Wildman–Crippen MR) is 72.7 cm³/mol. The number of halogens is 1. The number of carbonyl (C=O) groups excluding carboxylic acids is 1. The van der Waals surface area contributed by atoms with Gasteiger partial charge in [0.05, 0.1) is 21.4 Å². The maximum absolute atomic E-state index is 12.0. The van der Waals surface area contributed by atoms with Crippen molar-refractivity contribution >= 4 is 44.0 Å². The number of aromatic nitrogens is 3. The Morgan fingerprint density at radius 3 is 3.00 bits per heavy atom. The topological polar surface area (TPSA) is 96.7 Å². The number of amides is 1. The number of aromatic amines is 1. The zero-order chi connectivity index (χ0) is 12.7. The van der Waals surface area contributed by atoms with Gasteiger partial charge in [-0.15, -0.1) is 0 Å². The van der Waals surface area contributed by atoms with E-state index in [9.17, 15) is 4.79 Å². The van der Waals surface area contributed by atoms with Crippen molar-refractivity contribution in [3.63, 3.8) is 0 Å². The van der Waals surface area contributed by atoms with Gasteiger partial charge in [-0.3, -0.25) is 15.2 Å². The highest BCUT2D eigenvalue weighted by Crippen LogP contribution is 2.42. The zero-order valence-electron chi connectivity index (χ0n) is 9.24. The van der Waals surface area contributed by atoms with Crippen LogP contribution in [0.3, 0.4) is 0 Å². The summed E-state index contributed by atoms with van der Waals surface area (Å²) in [6, 6.07) is 0. The quantitative estimate of drug-likeness (QED) is 0.806. The summed E-state index contributed by atoms with van der Waals surface area (Å²) in [6.45, 7) is 0. The van der Waals surface area contributed by atoms with Crippen molar-refractivity contribution in [2.75, 3.05) is 11.1 Å². The Hall–Kier alpha value is -1.41. The van der Waals surface area contributed by atoms with Crippen LogP contribution in [0.15, 0.2) is 9.98 Å². The van der Waals surface area contributed by atoms with Crippen LogP contribution in [0.5, 0.6) is 0 Å². The number of thiazole rings is 1. The average Bonchev–Trinajstić information content (AvgIpc) is 2.98. The lowest BCUT2D eigenvalue weighted by molar-refractivity contribution is 0.102. The molecule has 8 heteroatoms. The van der Waals surface area contributed by atoms with Crippen LogP contribution >= 0.6 is 27.3 Å². The number of nitrogens with one attached hydrogen (secondary N) is 2. The Labute approximate surface area is 115 Å². The van der Waals surface area contributed by atoms with Crippen molar-refractivity contribution in [3.8, 4) is 0 Å². The first-order chi connectivity index (χ1) is 8.65. The summed E-state index contributed by atoms with van der Waals surface area (Å²) in [7, 11) is 0. The van der Waals surface area contributed by atoms with E-state index in [0.29, 0.717) is 16.7 Å². The number of rotatable bonds is 3. The van der Waals surface area contributed by atoms with E-state index in [1.807, 2.05) is 0 Å². The van der Waals surface area contributed by atoms with Gasteiger partial charge in [0.1, 0.15) is 0 Å². The summed E-state index contributed by atoms with van der Waals surface area (Å²) >= 11 is 4.62. The van der Waals surface area contributed by atoms with Gasteiger partial charge in [0.2, 0.25) is 0 Å². The average molecular weight is 328 g/mol. The highest BCUT2D eigenvalue weighted by atomic mass is 79.9. The van der Waals surface area contributed by atoms with Crippen LogP contribution < -0.4 is 11.1 Å².